The number of anilines is 1. The number of fused-ring (bicyclic) bond motifs is 2. The van der Waals surface area contributed by atoms with Crippen molar-refractivity contribution in [2.75, 3.05) is 11.9 Å². The van der Waals surface area contributed by atoms with Crippen LogP contribution < -0.4 is 5.32 Å². The Bertz CT molecular complexity index is 983. The van der Waals surface area contributed by atoms with Gasteiger partial charge >= 0.3 is 0 Å². The lowest BCUT2D eigenvalue weighted by molar-refractivity contribution is -0.119. The fourth-order valence-corrected chi connectivity index (χ4v) is 5.07. The molecule has 0 aliphatic carbocycles. The van der Waals surface area contributed by atoms with Crippen molar-refractivity contribution < 1.29 is 9.53 Å². The second-order valence-electron chi connectivity index (χ2n) is 7.45. The van der Waals surface area contributed by atoms with Crippen LogP contribution >= 0.6 is 11.3 Å². The second kappa shape index (κ2) is 7.53. The van der Waals surface area contributed by atoms with E-state index in [1.807, 2.05) is 24.3 Å². The Balaban J connectivity index is 1.29. The highest BCUT2D eigenvalue weighted by atomic mass is 32.1. The Morgan fingerprint density at radius 2 is 2.25 bits per heavy atom. The Kier molecular flexibility index (Phi) is 4.74. The van der Waals surface area contributed by atoms with E-state index in [2.05, 4.69) is 27.5 Å². The number of amides is 1. The summed E-state index contributed by atoms with van der Waals surface area (Å²) in [7, 11) is 0. The third-order valence-electron chi connectivity index (χ3n) is 5.49. The number of benzene rings is 1. The number of rotatable bonds is 4. The van der Waals surface area contributed by atoms with Crippen molar-refractivity contribution in [3.05, 3.63) is 58.2 Å². The summed E-state index contributed by atoms with van der Waals surface area (Å²) in [5.41, 5.74) is 4.14. The minimum Gasteiger partial charge on any atom is -0.372 e. The average Bonchev–Trinajstić information content (AvgIpc) is 3.35. The molecule has 1 atom stereocenters. The topological polar surface area (TPSA) is 56.1 Å². The van der Waals surface area contributed by atoms with Gasteiger partial charge in [-0.25, -0.2) is 4.98 Å². The zero-order chi connectivity index (χ0) is 18.9. The van der Waals surface area contributed by atoms with E-state index >= 15 is 0 Å². The molecule has 1 unspecified atom stereocenters. The number of aryl methyl sites for hydroxylation is 2. The number of nitrogens with zero attached hydrogens (tertiary/aromatic N) is 2. The maximum absolute atomic E-state index is 12.6. The molecule has 0 bridgehead atoms. The van der Waals surface area contributed by atoms with E-state index in [1.54, 1.807) is 11.3 Å². The SMILES string of the molecule is O=C(CC1OCCc2ccsc21)Nc1cccc(-c2cn3c(n2)CCCC3)c1. The summed E-state index contributed by atoms with van der Waals surface area (Å²) in [4.78, 5) is 18.6. The molecule has 1 amide bonds. The van der Waals surface area contributed by atoms with Crippen LogP contribution in [0.5, 0.6) is 0 Å². The van der Waals surface area contributed by atoms with Crippen LogP contribution in [0.3, 0.4) is 0 Å². The molecule has 2 aliphatic heterocycles. The highest BCUT2D eigenvalue weighted by Gasteiger charge is 2.24. The maximum atomic E-state index is 12.6. The minimum atomic E-state index is -0.133. The van der Waals surface area contributed by atoms with Crippen LogP contribution in [0.2, 0.25) is 0 Å². The highest BCUT2D eigenvalue weighted by Crippen LogP contribution is 2.34. The van der Waals surface area contributed by atoms with Crippen molar-refractivity contribution in [3.63, 3.8) is 0 Å². The first-order valence-corrected chi connectivity index (χ1v) is 10.8. The molecular weight excluding hydrogens is 370 g/mol. The highest BCUT2D eigenvalue weighted by molar-refractivity contribution is 7.10. The Labute approximate surface area is 168 Å². The summed E-state index contributed by atoms with van der Waals surface area (Å²) in [6.45, 7) is 1.73. The summed E-state index contributed by atoms with van der Waals surface area (Å²) < 4.78 is 8.10. The van der Waals surface area contributed by atoms with Crippen molar-refractivity contribution >= 4 is 22.9 Å². The lowest BCUT2D eigenvalue weighted by Gasteiger charge is -2.22. The fraction of sp³-hybridized carbons (Fsp3) is 0.364. The monoisotopic (exact) mass is 393 g/mol. The quantitative estimate of drug-likeness (QED) is 0.705. The Morgan fingerprint density at radius 1 is 1.29 bits per heavy atom. The number of imidazole rings is 1. The third kappa shape index (κ3) is 3.50. The predicted molar refractivity (Wildman–Crippen MR) is 111 cm³/mol. The summed E-state index contributed by atoms with van der Waals surface area (Å²) >= 11 is 1.68. The molecule has 5 nitrogen and oxygen atoms in total. The van der Waals surface area contributed by atoms with Crippen molar-refractivity contribution in [1.82, 2.24) is 9.55 Å². The number of aromatic nitrogens is 2. The van der Waals surface area contributed by atoms with E-state index in [4.69, 9.17) is 9.72 Å². The van der Waals surface area contributed by atoms with Gasteiger partial charge < -0.3 is 14.6 Å². The molecule has 144 valence electrons. The van der Waals surface area contributed by atoms with Crippen molar-refractivity contribution in [2.45, 2.75) is 44.8 Å². The van der Waals surface area contributed by atoms with Gasteiger partial charge in [-0.1, -0.05) is 12.1 Å². The molecule has 0 radical (unpaired) electrons. The fourth-order valence-electron chi connectivity index (χ4n) is 4.06. The van der Waals surface area contributed by atoms with Gasteiger partial charge in [-0.2, -0.15) is 0 Å². The van der Waals surface area contributed by atoms with Gasteiger partial charge in [0.1, 0.15) is 11.9 Å². The standard InChI is InChI=1S/C22H23N3O2S/c26-21(13-19-22-15(7-10-27-19)8-11-28-22)23-17-5-3-4-16(12-17)18-14-25-9-2-1-6-20(25)24-18/h3-5,8,11-12,14,19H,1-2,6-7,9-10,13H2,(H,23,26). The summed E-state index contributed by atoms with van der Waals surface area (Å²) in [6, 6.07) is 10.1. The lowest BCUT2D eigenvalue weighted by Crippen LogP contribution is -2.21. The smallest absolute Gasteiger partial charge is 0.227 e. The van der Waals surface area contributed by atoms with Crippen LogP contribution in [-0.4, -0.2) is 22.1 Å². The van der Waals surface area contributed by atoms with Gasteiger partial charge in [0.2, 0.25) is 5.91 Å². The summed E-state index contributed by atoms with van der Waals surface area (Å²) in [5, 5.41) is 5.12. The van der Waals surface area contributed by atoms with E-state index in [0.29, 0.717) is 13.0 Å². The zero-order valence-electron chi connectivity index (χ0n) is 15.7. The van der Waals surface area contributed by atoms with Gasteiger partial charge in [0, 0.05) is 35.3 Å². The second-order valence-corrected chi connectivity index (χ2v) is 8.39. The maximum Gasteiger partial charge on any atom is 0.227 e. The lowest BCUT2D eigenvalue weighted by atomic mass is 10.1. The Morgan fingerprint density at radius 3 is 3.18 bits per heavy atom. The normalized spacial score (nSPS) is 18.4. The number of carbonyl (C=O) groups is 1. The molecule has 5 rings (SSSR count). The third-order valence-corrected chi connectivity index (χ3v) is 6.54. The molecule has 6 heteroatoms. The van der Waals surface area contributed by atoms with Crippen LogP contribution in [0.1, 0.15) is 41.6 Å². The molecule has 3 aromatic rings. The number of nitrogens with one attached hydrogen (secondary N) is 1. The molecule has 0 fully saturated rings. The predicted octanol–water partition coefficient (Wildman–Crippen LogP) is 4.59. The van der Waals surface area contributed by atoms with E-state index in [9.17, 15) is 4.79 Å². The van der Waals surface area contributed by atoms with Crippen molar-refractivity contribution in [1.29, 1.82) is 0 Å². The van der Waals surface area contributed by atoms with E-state index in [-0.39, 0.29) is 12.0 Å². The largest absolute Gasteiger partial charge is 0.372 e. The first-order valence-electron chi connectivity index (χ1n) is 9.90. The number of carbonyl (C=O) groups excluding carboxylic acids is 1. The van der Waals surface area contributed by atoms with Gasteiger partial charge in [-0.15, -0.1) is 11.3 Å². The van der Waals surface area contributed by atoms with E-state index in [1.165, 1.54) is 23.3 Å². The molecule has 0 saturated carbocycles. The van der Waals surface area contributed by atoms with Gasteiger partial charge in [-0.3, -0.25) is 4.79 Å². The van der Waals surface area contributed by atoms with Crippen LogP contribution in [0.4, 0.5) is 5.69 Å². The minimum absolute atomic E-state index is 0.0208. The first-order chi connectivity index (χ1) is 13.8. The number of thiophene rings is 1. The van der Waals surface area contributed by atoms with Crippen LogP contribution in [0.25, 0.3) is 11.3 Å². The number of ether oxygens (including phenoxy) is 1. The number of hydrogen-bond acceptors (Lipinski definition) is 4. The molecule has 1 N–H and O–H groups in total. The van der Waals surface area contributed by atoms with Crippen LogP contribution in [-0.2, 0) is 28.9 Å². The molecule has 2 aliphatic rings. The van der Waals surface area contributed by atoms with Gasteiger partial charge in [0.25, 0.3) is 0 Å². The van der Waals surface area contributed by atoms with Crippen LogP contribution in [0, 0.1) is 0 Å². The van der Waals surface area contributed by atoms with Gasteiger partial charge in [-0.05, 0) is 48.4 Å². The first kappa shape index (κ1) is 17.6. The van der Waals surface area contributed by atoms with Crippen molar-refractivity contribution in [3.8, 4) is 11.3 Å². The number of hydrogen-bond donors (Lipinski definition) is 1. The average molecular weight is 394 g/mol. The van der Waals surface area contributed by atoms with Crippen molar-refractivity contribution in [2.24, 2.45) is 0 Å². The van der Waals surface area contributed by atoms with E-state index in [0.717, 1.165) is 42.2 Å². The molecule has 28 heavy (non-hydrogen) atoms. The molecule has 1 aromatic carbocycles. The van der Waals surface area contributed by atoms with Gasteiger partial charge in [0.15, 0.2) is 0 Å². The summed E-state index contributed by atoms with van der Waals surface area (Å²) in [6.07, 6.45) is 6.75. The molecular formula is C22H23N3O2S. The van der Waals surface area contributed by atoms with Crippen LogP contribution in [0.15, 0.2) is 41.9 Å². The molecule has 0 spiro atoms. The summed E-state index contributed by atoms with van der Waals surface area (Å²) in [5.74, 6) is 1.14. The molecule has 4 heterocycles. The van der Waals surface area contributed by atoms with Gasteiger partial charge in [0.05, 0.1) is 18.7 Å². The molecule has 2 aromatic heterocycles. The molecule has 0 saturated heterocycles. The Hall–Kier alpha value is -2.44. The van der Waals surface area contributed by atoms with E-state index < -0.39 is 0 Å². The zero-order valence-corrected chi connectivity index (χ0v) is 16.5.